The standard InChI is InChI=1S/C14H17ClN4O2S/c15-12-7-13(18-14(16)17-12)19-3-4-21-8-9(19)6-10(20)11-2-1-5-22-11/h1-2,5,7,9-10,20H,3-4,6,8H2,(H2,16,17,18). The lowest BCUT2D eigenvalue weighted by Gasteiger charge is -2.37. The maximum Gasteiger partial charge on any atom is 0.223 e. The van der Waals surface area contributed by atoms with Crippen molar-refractivity contribution in [3.05, 3.63) is 33.6 Å². The number of halogens is 1. The summed E-state index contributed by atoms with van der Waals surface area (Å²) in [5.41, 5.74) is 5.68. The third kappa shape index (κ3) is 3.49. The molecule has 6 nitrogen and oxygen atoms in total. The Morgan fingerprint density at radius 1 is 1.55 bits per heavy atom. The molecule has 3 N–H and O–H groups in total. The minimum atomic E-state index is -0.524. The van der Waals surface area contributed by atoms with Crippen molar-refractivity contribution in [2.45, 2.75) is 18.6 Å². The second-order valence-corrected chi connectivity index (χ2v) is 6.46. The van der Waals surface area contributed by atoms with Crippen molar-refractivity contribution in [3.8, 4) is 0 Å². The largest absolute Gasteiger partial charge is 0.387 e. The number of anilines is 2. The maximum absolute atomic E-state index is 10.4. The van der Waals surface area contributed by atoms with Gasteiger partial charge in [-0.25, -0.2) is 4.98 Å². The number of aliphatic hydroxyl groups excluding tert-OH is 1. The van der Waals surface area contributed by atoms with Crippen molar-refractivity contribution in [1.29, 1.82) is 0 Å². The summed E-state index contributed by atoms with van der Waals surface area (Å²) in [6.07, 6.45) is 0.0334. The number of nitrogens with two attached hydrogens (primary N) is 1. The van der Waals surface area contributed by atoms with E-state index in [-0.39, 0.29) is 12.0 Å². The fraction of sp³-hybridized carbons (Fsp3) is 0.429. The number of hydrogen-bond acceptors (Lipinski definition) is 7. The van der Waals surface area contributed by atoms with Gasteiger partial charge >= 0.3 is 0 Å². The van der Waals surface area contributed by atoms with E-state index < -0.39 is 6.10 Å². The fourth-order valence-electron chi connectivity index (χ4n) is 2.58. The van der Waals surface area contributed by atoms with Gasteiger partial charge in [0.15, 0.2) is 0 Å². The molecule has 0 spiro atoms. The van der Waals surface area contributed by atoms with Crippen LogP contribution in [0, 0.1) is 0 Å². The highest BCUT2D eigenvalue weighted by atomic mass is 35.5. The second kappa shape index (κ2) is 6.78. The van der Waals surface area contributed by atoms with Gasteiger partial charge in [-0.15, -0.1) is 11.3 Å². The molecule has 8 heteroatoms. The molecule has 2 unspecified atom stereocenters. The third-order valence-electron chi connectivity index (χ3n) is 3.59. The SMILES string of the molecule is Nc1nc(Cl)cc(N2CCOCC2CC(O)c2cccs2)n1. The van der Waals surface area contributed by atoms with Crippen molar-refractivity contribution in [2.75, 3.05) is 30.4 Å². The van der Waals surface area contributed by atoms with Crippen LogP contribution in [0.1, 0.15) is 17.4 Å². The number of aromatic nitrogens is 2. The molecule has 0 aliphatic carbocycles. The fourth-order valence-corrected chi connectivity index (χ4v) is 3.49. The second-order valence-electron chi connectivity index (χ2n) is 5.10. The van der Waals surface area contributed by atoms with E-state index >= 15 is 0 Å². The highest BCUT2D eigenvalue weighted by molar-refractivity contribution is 7.10. The summed E-state index contributed by atoms with van der Waals surface area (Å²) in [4.78, 5) is 11.2. The van der Waals surface area contributed by atoms with Gasteiger partial charge < -0.3 is 20.5 Å². The summed E-state index contributed by atoms with van der Waals surface area (Å²) in [5, 5.41) is 12.6. The lowest BCUT2D eigenvalue weighted by atomic mass is 10.1. The zero-order valence-electron chi connectivity index (χ0n) is 11.9. The molecule has 3 heterocycles. The number of nitrogen functional groups attached to an aromatic ring is 1. The number of rotatable bonds is 4. The quantitative estimate of drug-likeness (QED) is 0.829. The van der Waals surface area contributed by atoms with Crippen LogP contribution < -0.4 is 10.6 Å². The van der Waals surface area contributed by atoms with Crippen LogP contribution in [0.15, 0.2) is 23.6 Å². The van der Waals surface area contributed by atoms with Crippen LogP contribution in [0.3, 0.4) is 0 Å². The van der Waals surface area contributed by atoms with Crippen LogP contribution in [0.2, 0.25) is 5.15 Å². The summed E-state index contributed by atoms with van der Waals surface area (Å²) < 4.78 is 5.56. The molecule has 0 amide bonds. The van der Waals surface area contributed by atoms with Crippen molar-refractivity contribution < 1.29 is 9.84 Å². The van der Waals surface area contributed by atoms with Crippen molar-refractivity contribution in [3.63, 3.8) is 0 Å². The predicted molar refractivity (Wildman–Crippen MR) is 87.3 cm³/mol. The predicted octanol–water partition coefficient (Wildman–Crippen LogP) is 2.10. The highest BCUT2D eigenvalue weighted by Crippen LogP contribution is 2.28. The summed E-state index contributed by atoms with van der Waals surface area (Å²) in [6, 6.07) is 5.57. The molecule has 1 fully saturated rings. The first-order valence-electron chi connectivity index (χ1n) is 6.99. The molecule has 0 bridgehead atoms. The summed E-state index contributed by atoms with van der Waals surface area (Å²) >= 11 is 7.51. The van der Waals surface area contributed by atoms with Gasteiger partial charge in [0.25, 0.3) is 0 Å². The lowest BCUT2D eigenvalue weighted by molar-refractivity contribution is 0.0684. The molecule has 3 rings (SSSR count). The van der Waals surface area contributed by atoms with Gasteiger partial charge in [-0.2, -0.15) is 4.98 Å². The Hall–Kier alpha value is -1.41. The first-order chi connectivity index (χ1) is 10.6. The van der Waals surface area contributed by atoms with Crippen molar-refractivity contribution >= 4 is 34.7 Å². The molecule has 0 saturated carbocycles. The third-order valence-corrected chi connectivity index (χ3v) is 4.75. The van der Waals surface area contributed by atoms with Crippen LogP contribution in [0.4, 0.5) is 11.8 Å². The summed E-state index contributed by atoms with van der Waals surface area (Å²) in [5.74, 6) is 0.815. The number of aliphatic hydroxyl groups is 1. The molecular weight excluding hydrogens is 324 g/mol. The van der Waals surface area contributed by atoms with Gasteiger partial charge in [0, 0.05) is 23.9 Å². The minimum absolute atomic E-state index is 0.0104. The zero-order chi connectivity index (χ0) is 15.5. The molecule has 0 radical (unpaired) electrons. The van der Waals surface area contributed by atoms with E-state index in [0.29, 0.717) is 37.2 Å². The van der Waals surface area contributed by atoms with E-state index in [9.17, 15) is 5.11 Å². The normalized spacial score (nSPS) is 20.1. The van der Waals surface area contributed by atoms with Gasteiger partial charge in [-0.3, -0.25) is 0 Å². The first kappa shape index (κ1) is 15.5. The molecule has 2 aromatic rings. The number of ether oxygens (including phenoxy) is 1. The number of nitrogens with zero attached hydrogens (tertiary/aromatic N) is 3. The Kier molecular flexibility index (Phi) is 4.77. The molecule has 2 aromatic heterocycles. The number of thiophene rings is 1. The number of hydrogen-bond donors (Lipinski definition) is 2. The van der Waals surface area contributed by atoms with Crippen LogP contribution in [-0.4, -0.2) is 40.9 Å². The van der Waals surface area contributed by atoms with Gasteiger partial charge in [0.1, 0.15) is 11.0 Å². The van der Waals surface area contributed by atoms with Gasteiger partial charge in [0.2, 0.25) is 5.95 Å². The Bertz CT molecular complexity index is 605. The van der Waals surface area contributed by atoms with E-state index in [2.05, 4.69) is 14.9 Å². The monoisotopic (exact) mass is 340 g/mol. The average molecular weight is 341 g/mol. The van der Waals surface area contributed by atoms with Crippen LogP contribution in [-0.2, 0) is 4.74 Å². The molecule has 22 heavy (non-hydrogen) atoms. The van der Waals surface area contributed by atoms with Crippen molar-refractivity contribution in [1.82, 2.24) is 9.97 Å². The van der Waals surface area contributed by atoms with Crippen molar-refractivity contribution in [2.24, 2.45) is 0 Å². The molecule has 1 aliphatic heterocycles. The lowest BCUT2D eigenvalue weighted by Crippen LogP contribution is -2.46. The van der Waals surface area contributed by atoms with E-state index in [4.69, 9.17) is 22.1 Å². The van der Waals surface area contributed by atoms with Crippen LogP contribution in [0.25, 0.3) is 0 Å². The van der Waals surface area contributed by atoms with Gasteiger partial charge in [-0.05, 0) is 11.4 Å². The van der Waals surface area contributed by atoms with Crippen LogP contribution in [0.5, 0.6) is 0 Å². The Balaban J connectivity index is 1.79. The Morgan fingerprint density at radius 2 is 2.41 bits per heavy atom. The van der Waals surface area contributed by atoms with E-state index in [1.807, 2.05) is 17.5 Å². The van der Waals surface area contributed by atoms with E-state index in [1.165, 1.54) is 0 Å². The average Bonchev–Trinajstić information content (AvgIpc) is 3.01. The zero-order valence-corrected chi connectivity index (χ0v) is 13.4. The minimum Gasteiger partial charge on any atom is -0.387 e. The summed E-state index contributed by atoms with van der Waals surface area (Å²) in [7, 11) is 0. The molecule has 118 valence electrons. The highest BCUT2D eigenvalue weighted by Gasteiger charge is 2.28. The van der Waals surface area contributed by atoms with E-state index in [0.717, 1.165) is 4.88 Å². The van der Waals surface area contributed by atoms with Crippen LogP contribution >= 0.6 is 22.9 Å². The molecule has 1 aliphatic rings. The molecule has 0 aromatic carbocycles. The van der Waals surface area contributed by atoms with Gasteiger partial charge in [0.05, 0.1) is 25.4 Å². The molecular formula is C14H17ClN4O2S. The first-order valence-corrected chi connectivity index (χ1v) is 8.25. The van der Waals surface area contributed by atoms with E-state index in [1.54, 1.807) is 17.4 Å². The number of morpholine rings is 1. The smallest absolute Gasteiger partial charge is 0.223 e. The molecule has 1 saturated heterocycles. The Morgan fingerprint density at radius 3 is 3.14 bits per heavy atom. The topological polar surface area (TPSA) is 84.5 Å². The van der Waals surface area contributed by atoms with Gasteiger partial charge in [-0.1, -0.05) is 17.7 Å². The maximum atomic E-state index is 10.4. The Labute approximate surface area is 137 Å². The summed E-state index contributed by atoms with van der Waals surface area (Å²) in [6.45, 7) is 1.81. The molecule has 2 atom stereocenters.